The van der Waals surface area contributed by atoms with Crippen LogP contribution in [0, 0.1) is 12.7 Å². The van der Waals surface area contributed by atoms with E-state index in [1.807, 2.05) is 38.1 Å². The third-order valence-electron chi connectivity index (χ3n) is 3.14. The molecule has 112 valence electrons. The van der Waals surface area contributed by atoms with E-state index in [1.165, 1.54) is 13.2 Å². The Hall–Kier alpha value is -2.23. The number of methoxy groups -OCH3 is 1. The molecule has 0 aromatic heterocycles. The Labute approximate surface area is 124 Å². The Kier molecular flexibility index (Phi) is 5.04. The fourth-order valence-electron chi connectivity index (χ4n) is 2.07. The van der Waals surface area contributed by atoms with Crippen LogP contribution >= 0.6 is 0 Å². The highest BCUT2D eigenvalue weighted by Crippen LogP contribution is 2.26. The number of hydrogen-bond donors (Lipinski definition) is 1. The van der Waals surface area contributed by atoms with Crippen molar-refractivity contribution < 1.29 is 13.9 Å². The zero-order valence-corrected chi connectivity index (χ0v) is 12.6. The van der Waals surface area contributed by atoms with Gasteiger partial charge in [-0.3, -0.25) is 0 Å². The zero-order valence-electron chi connectivity index (χ0n) is 12.6. The molecule has 2 aromatic carbocycles. The van der Waals surface area contributed by atoms with Crippen molar-refractivity contribution in [2.45, 2.75) is 20.4 Å². The van der Waals surface area contributed by atoms with Gasteiger partial charge in [0, 0.05) is 6.54 Å². The van der Waals surface area contributed by atoms with Crippen LogP contribution in [0.5, 0.6) is 11.5 Å². The summed E-state index contributed by atoms with van der Waals surface area (Å²) < 4.78 is 24.2. The van der Waals surface area contributed by atoms with Crippen molar-refractivity contribution in [3.63, 3.8) is 0 Å². The van der Waals surface area contributed by atoms with E-state index >= 15 is 0 Å². The van der Waals surface area contributed by atoms with Gasteiger partial charge < -0.3 is 14.8 Å². The van der Waals surface area contributed by atoms with Gasteiger partial charge in [0.2, 0.25) is 0 Å². The van der Waals surface area contributed by atoms with Gasteiger partial charge in [0.15, 0.2) is 11.6 Å². The molecule has 0 fully saturated rings. The Morgan fingerprint density at radius 1 is 1.10 bits per heavy atom. The van der Waals surface area contributed by atoms with Crippen molar-refractivity contribution in [2.75, 3.05) is 19.0 Å². The topological polar surface area (TPSA) is 30.5 Å². The second-order valence-corrected chi connectivity index (χ2v) is 4.76. The number of hydrogen-bond acceptors (Lipinski definition) is 3. The first-order valence-electron chi connectivity index (χ1n) is 6.93. The lowest BCUT2D eigenvalue weighted by Gasteiger charge is -2.13. The zero-order chi connectivity index (χ0) is 15.2. The molecule has 0 atom stereocenters. The van der Waals surface area contributed by atoms with E-state index in [-0.39, 0.29) is 11.6 Å². The van der Waals surface area contributed by atoms with E-state index in [1.54, 1.807) is 6.07 Å². The number of rotatable bonds is 6. The summed E-state index contributed by atoms with van der Waals surface area (Å²) in [6.45, 7) is 5.09. The molecule has 0 unspecified atom stereocenters. The SMILES string of the molecule is CCOc1cc(C)ccc1NCc1ccc(OC)c(F)c1. The Balaban J connectivity index is 2.10. The quantitative estimate of drug-likeness (QED) is 0.866. The lowest BCUT2D eigenvalue weighted by molar-refractivity contribution is 0.341. The van der Waals surface area contributed by atoms with Crippen LogP contribution < -0.4 is 14.8 Å². The van der Waals surface area contributed by atoms with Gasteiger partial charge in [0.05, 0.1) is 19.4 Å². The highest BCUT2D eigenvalue weighted by Gasteiger charge is 2.06. The molecular formula is C17H20FNO2. The van der Waals surface area contributed by atoms with Crippen molar-refractivity contribution in [3.05, 3.63) is 53.3 Å². The van der Waals surface area contributed by atoms with Crippen LogP contribution in [-0.4, -0.2) is 13.7 Å². The number of nitrogens with one attached hydrogen (secondary N) is 1. The fourth-order valence-corrected chi connectivity index (χ4v) is 2.07. The number of ether oxygens (including phenoxy) is 2. The minimum Gasteiger partial charge on any atom is -0.494 e. The third kappa shape index (κ3) is 3.88. The largest absolute Gasteiger partial charge is 0.494 e. The average molecular weight is 289 g/mol. The van der Waals surface area contributed by atoms with Gasteiger partial charge in [-0.25, -0.2) is 4.39 Å². The monoisotopic (exact) mass is 289 g/mol. The molecule has 2 rings (SSSR count). The molecule has 0 aliphatic heterocycles. The molecule has 0 bridgehead atoms. The van der Waals surface area contributed by atoms with Crippen LogP contribution in [0.3, 0.4) is 0 Å². The van der Waals surface area contributed by atoms with Crippen LogP contribution in [0.15, 0.2) is 36.4 Å². The maximum Gasteiger partial charge on any atom is 0.165 e. The standard InChI is InChI=1S/C17H20FNO2/c1-4-21-17-9-12(2)5-7-15(17)19-11-13-6-8-16(20-3)14(18)10-13/h5-10,19H,4,11H2,1-3H3. The first kappa shape index (κ1) is 15.2. The summed E-state index contributed by atoms with van der Waals surface area (Å²) in [5, 5.41) is 3.27. The molecule has 0 heterocycles. The molecule has 0 aliphatic carbocycles. The average Bonchev–Trinajstić information content (AvgIpc) is 2.47. The minimum absolute atomic E-state index is 0.254. The van der Waals surface area contributed by atoms with Gasteiger partial charge in [0.25, 0.3) is 0 Å². The normalized spacial score (nSPS) is 10.3. The third-order valence-corrected chi connectivity index (χ3v) is 3.14. The number of anilines is 1. The first-order valence-corrected chi connectivity index (χ1v) is 6.93. The van der Waals surface area contributed by atoms with Gasteiger partial charge in [-0.05, 0) is 49.2 Å². The number of aryl methyl sites for hydroxylation is 1. The van der Waals surface area contributed by atoms with E-state index in [9.17, 15) is 4.39 Å². The predicted octanol–water partition coefficient (Wildman–Crippen LogP) is 4.15. The summed E-state index contributed by atoms with van der Waals surface area (Å²) in [5.74, 6) is 0.710. The highest BCUT2D eigenvalue weighted by molar-refractivity contribution is 5.58. The van der Waals surface area contributed by atoms with Crippen molar-refractivity contribution in [1.29, 1.82) is 0 Å². The summed E-state index contributed by atoms with van der Waals surface area (Å²) >= 11 is 0. The summed E-state index contributed by atoms with van der Waals surface area (Å²) in [7, 11) is 1.46. The van der Waals surface area contributed by atoms with Crippen LogP contribution in [-0.2, 0) is 6.54 Å². The lowest BCUT2D eigenvalue weighted by Crippen LogP contribution is -2.03. The molecular weight excluding hydrogens is 269 g/mol. The van der Waals surface area contributed by atoms with E-state index in [2.05, 4.69) is 5.32 Å². The van der Waals surface area contributed by atoms with Gasteiger partial charge in [0.1, 0.15) is 5.75 Å². The molecule has 3 nitrogen and oxygen atoms in total. The molecule has 0 spiro atoms. The maximum atomic E-state index is 13.7. The highest BCUT2D eigenvalue weighted by atomic mass is 19.1. The van der Waals surface area contributed by atoms with Crippen molar-refractivity contribution in [1.82, 2.24) is 0 Å². The van der Waals surface area contributed by atoms with Gasteiger partial charge in [-0.2, -0.15) is 0 Å². The van der Waals surface area contributed by atoms with E-state index in [4.69, 9.17) is 9.47 Å². The Morgan fingerprint density at radius 3 is 2.57 bits per heavy atom. The molecule has 0 aliphatic rings. The van der Waals surface area contributed by atoms with Crippen LogP contribution in [0.2, 0.25) is 0 Å². The van der Waals surface area contributed by atoms with Crippen molar-refractivity contribution in [3.8, 4) is 11.5 Å². The molecule has 0 saturated heterocycles. The van der Waals surface area contributed by atoms with Gasteiger partial charge >= 0.3 is 0 Å². The summed E-state index contributed by atoms with van der Waals surface area (Å²) in [6.07, 6.45) is 0. The molecule has 21 heavy (non-hydrogen) atoms. The first-order chi connectivity index (χ1) is 10.1. The lowest BCUT2D eigenvalue weighted by atomic mass is 10.1. The van der Waals surface area contributed by atoms with Crippen LogP contribution in [0.1, 0.15) is 18.1 Å². The molecule has 0 saturated carbocycles. The van der Waals surface area contributed by atoms with E-state index < -0.39 is 0 Å². The molecule has 4 heteroatoms. The van der Waals surface area contributed by atoms with Crippen LogP contribution in [0.25, 0.3) is 0 Å². The minimum atomic E-state index is -0.356. The fraction of sp³-hybridized carbons (Fsp3) is 0.294. The summed E-state index contributed by atoms with van der Waals surface area (Å²) in [6, 6.07) is 10.9. The second-order valence-electron chi connectivity index (χ2n) is 4.76. The number of halogens is 1. The second kappa shape index (κ2) is 6.97. The maximum absolute atomic E-state index is 13.7. The molecule has 0 radical (unpaired) electrons. The van der Waals surface area contributed by atoms with Crippen LogP contribution in [0.4, 0.5) is 10.1 Å². The van der Waals surface area contributed by atoms with Crippen molar-refractivity contribution >= 4 is 5.69 Å². The Bertz CT molecular complexity index is 614. The van der Waals surface area contributed by atoms with E-state index in [0.717, 1.165) is 22.6 Å². The van der Waals surface area contributed by atoms with Gasteiger partial charge in [-0.15, -0.1) is 0 Å². The summed E-state index contributed by atoms with van der Waals surface area (Å²) in [5.41, 5.74) is 2.88. The predicted molar refractivity (Wildman–Crippen MR) is 82.6 cm³/mol. The molecule has 0 amide bonds. The smallest absolute Gasteiger partial charge is 0.165 e. The van der Waals surface area contributed by atoms with Crippen molar-refractivity contribution in [2.24, 2.45) is 0 Å². The number of benzene rings is 2. The Morgan fingerprint density at radius 2 is 1.90 bits per heavy atom. The summed E-state index contributed by atoms with van der Waals surface area (Å²) in [4.78, 5) is 0. The van der Waals surface area contributed by atoms with E-state index in [0.29, 0.717) is 13.2 Å². The molecule has 2 aromatic rings. The van der Waals surface area contributed by atoms with Gasteiger partial charge in [-0.1, -0.05) is 12.1 Å². The molecule has 1 N–H and O–H groups in total.